The first kappa shape index (κ1) is 18.2. The summed E-state index contributed by atoms with van der Waals surface area (Å²) in [6.07, 6.45) is 3.21. The Morgan fingerprint density at radius 1 is 0.964 bits per heavy atom. The van der Waals surface area contributed by atoms with E-state index in [9.17, 15) is 14.4 Å². The third-order valence-corrected chi connectivity index (χ3v) is 5.52. The number of anilines is 2. The Labute approximate surface area is 164 Å². The lowest BCUT2D eigenvalue weighted by Crippen LogP contribution is -2.33. The van der Waals surface area contributed by atoms with Crippen molar-refractivity contribution in [3.8, 4) is 0 Å². The summed E-state index contributed by atoms with van der Waals surface area (Å²) in [6.45, 7) is 3.96. The van der Waals surface area contributed by atoms with Crippen LogP contribution in [-0.4, -0.2) is 17.7 Å². The smallest absolute Gasteiger partial charge is 0.257 e. The average molecular weight is 374 g/mol. The van der Waals surface area contributed by atoms with Gasteiger partial charge < -0.3 is 5.32 Å². The molecule has 0 unspecified atom stereocenters. The maximum Gasteiger partial charge on any atom is 0.257 e. The third-order valence-electron chi connectivity index (χ3n) is 5.52. The van der Waals surface area contributed by atoms with Crippen LogP contribution in [-0.2, 0) is 9.59 Å². The fraction of sp³-hybridized carbons (Fsp3) is 0.261. The fourth-order valence-corrected chi connectivity index (χ4v) is 3.97. The molecule has 2 aromatic rings. The number of imide groups is 1. The number of para-hydroxylation sites is 1. The summed E-state index contributed by atoms with van der Waals surface area (Å²) in [5, 5.41) is 2.85. The van der Waals surface area contributed by atoms with E-state index in [0.29, 0.717) is 29.8 Å². The predicted molar refractivity (Wildman–Crippen MR) is 108 cm³/mol. The summed E-state index contributed by atoms with van der Waals surface area (Å²) in [5.41, 5.74) is 3.56. The molecule has 4 rings (SSSR count). The minimum atomic E-state index is -0.343. The van der Waals surface area contributed by atoms with Crippen molar-refractivity contribution in [2.75, 3.05) is 10.2 Å². The molecule has 2 aromatic carbocycles. The van der Waals surface area contributed by atoms with Crippen molar-refractivity contribution < 1.29 is 14.4 Å². The first-order valence-corrected chi connectivity index (χ1v) is 9.46. The standard InChI is InChI=1S/C23H22N2O3/c1-14-7-10-16(11-8-14)24-21(26)18-5-3-4-6-20(18)25-22(27)17-12-9-15(2)13-19(17)23(25)28/h3-11,17,19H,12-13H2,1-2H3,(H,24,26)/t17-,19+/m0/s1. The molecule has 2 aliphatic rings. The van der Waals surface area contributed by atoms with Gasteiger partial charge in [0.1, 0.15) is 0 Å². The zero-order chi connectivity index (χ0) is 19.8. The quantitative estimate of drug-likeness (QED) is 0.650. The van der Waals surface area contributed by atoms with Crippen molar-refractivity contribution in [3.63, 3.8) is 0 Å². The van der Waals surface area contributed by atoms with Gasteiger partial charge in [0.2, 0.25) is 11.8 Å². The molecule has 1 fully saturated rings. The second kappa shape index (κ2) is 7.08. The van der Waals surface area contributed by atoms with Crippen molar-refractivity contribution in [1.82, 2.24) is 0 Å². The highest BCUT2D eigenvalue weighted by molar-refractivity contribution is 6.25. The first-order chi connectivity index (χ1) is 13.5. The normalized spacial score (nSPS) is 21.4. The lowest BCUT2D eigenvalue weighted by Gasteiger charge is -2.19. The van der Waals surface area contributed by atoms with Gasteiger partial charge in [0.05, 0.1) is 23.1 Å². The van der Waals surface area contributed by atoms with Gasteiger partial charge in [-0.15, -0.1) is 0 Å². The van der Waals surface area contributed by atoms with Crippen molar-refractivity contribution in [3.05, 3.63) is 71.3 Å². The number of carbonyl (C=O) groups is 3. The van der Waals surface area contributed by atoms with Crippen molar-refractivity contribution >= 4 is 29.1 Å². The van der Waals surface area contributed by atoms with Gasteiger partial charge in [-0.25, -0.2) is 4.90 Å². The van der Waals surface area contributed by atoms with Crippen LogP contribution in [0.25, 0.3) is 0 Å². The number of rotatable bonds is 3. The number of amides is 3. The molecule has 28 heavy (non-hydrogen) atoms. The summed E-state index contributed by atoms with van der Waals surface area (Å²) in [5.74, 6) is -1.42. The number of benzene rings is 2. The molecular weight excluding hydrogens is 352 g/mol. The molecule has 2 atom stereocenters. The Morgan fingerprint density at radius 2 is 1.64 bits per heavy atom. The molecule has 0 bridgehead atoms. The Morgan fingerprint density at radius 3 is 2.39 bits per heavy atom. The Balaban J connectivity index is 1.65. The molecule has 1 N–H and O–H groups in total. The van der Waals surface area contributed by atoms with Gasteiger partial charge in [0, 0.05) is 5.69 Å². The number of carbonyl (C=O) groups excluding carboxylic acids is 3. The zero-order valence-corrected chi connectivity index (χ0v) is 15.9. The monoisotopic (exact) mass is 374 g/mol. The van der Waals surface area contributed by atoms with Crippen LogP contribution in [0.2, 0.25) is 0 Å². The molecule has 0 saturated carbocycles. The topological polar surface area (TPSA) is 66.5 Å². The second-order valence-corrected chi connectivity index (χ2v) is 7.55. The van der Waals surface area contributed by atoms with Crippen LogP contribution in [0.4, 0.5) is 11.4 Å². The van der Waals surface area contributed by atoms with E-state index in [4.69, 9.17) is 0 Å². The van der Waals surface area contributed by atoms with Crippen LogP contribution in [0.5, 0.6) is 0 Å². The number of nitrogens with one attached hydrogen (secondary N) is 1. The van der Waals surface area contributed by atoms with Gasteiger partial charge >= 0.3 is 0 Å². The summed E-state index contributed by atoms with van der Waals surface area (Å²) < 4.78 is 0. The van der Waals surface area contributed by atoms with E-state index in [1.807, 2.05) is 44.2 Å². The predicted octanol–water partition coefficient (Wildman–Crippen LogP) is 4.09. The molecule has 0 radical (unpaired) electrons. The number of allylic oxidation sites excluding steroid dienone is 2. The molecule has 0 aromatic heterocycles. The van der Waals surface area contributed by atoms with Crippen LogP contribution in [0.15, 0.2) is 60.2 Å². The van der Waals surface area contributed by atoms with Crippen LogP contribution < -0.4 is 10.2 Å². The lowest BCUT2D eigenvalue weighted by molar-refractivity contribution is -0.122. The number of hydrogen-bond acceptors (Lipinski definition) is 3. The minimum Gasteiger partial charge on any atom is -0.322 e. The largest absolute Gasteiger partial charge is 0.322 e. The Hall–Kier alpha value is -3.21. The summed E-state index contributed by atoms with van der Waals surface area (Å²) in [4.78, 5) is 40.1. The number of aryl methyl sites for hydroxylation is 1. The first-order valence-electron chi connectivity index (χ1n) is 9.46. The van der Waals surface area contributed by atoms with E-state index in [2.05, 4.69) is 5.32 Å². The van der Waals surface area contributed by atoms with E-state index in [0.717, 1.165) is 11.1 Å². The van der Waals surface area contributed by atoms with Crippen LogP contribution in [0, 0.1) is 18.8 Å². The van der Waals surface area contributed by atoms with Crippen molar-refractivity contribution in [1.29, 1.82) is 0 Å². The maximum absolute atomic E-state index is 13.0. The summed E-state index contributed by atoms with van der Waals surface area (Å²) >= 11 is 0. The molecule has 1 aliphatic carbocycles. The molecule has 5 heteroatoms. The van der Waals surface area contributed by atoms with Gasteiger partial charge in [-0.2, -0.15) is 0 Å². The van der Waals surface area contributed by atoms with Crippen molar-refractivity contribution in [2.24, 2.45) is 11.8 Å². The Bertz CT molecular complexity index is 991. The van der Waals surface area contributed by atoms with Crippen LogP contribution >= 0.6 is 0 Å². The number of hydrogen-bond donors (Lipinski definition) is 1. The van der Waals surface area contributed by atoms with E-state index in [1.165, 1.54) is 4.90 Å². The molecule has 142 valence electrons. The number of fused-ring (bicyclic) bond motifs is 1. The highest BCUT2D eigenvalue weighted by Gasteiger charge is 2.49. The van der Waals surface area contributed by atoms with Gasteiger partial charge in [-0.3, -0.25) is 14.4 Å². The Kier molecular flexibility index (Phi) is 4.59. The highest BCUT2D eigenvalue weighted by Crippen LogP contribution is 2.40. The van der Waals surface area contributed by atoms with E-state index >= 15 is 0 Å². The highest BCUT2D eigenvalue weighted by atomic mass is 16.2. The van der Waals surface area contributed by atoms with Crippen LogP contribution in [0.1, 0.15) is 35.7 Å². The molecular formula is C23H22N2O3. The fourth-order valence-electron chi connectivity index (χ4n) is 3.97. The van der Waals surface area contributed by atoms with Gasteiger partial charge in [0.25, 0.3) is 5.91 Å². The zero-order valence-electron chi connectivity index (χ0n) is 15.9. The number of nitrogens with zero attached hydrogens (tertiary/aromatic N) is 1. The summed E-state index contributed by atoms with van der Waals surface area (Å²) in [7, 11) is 0. The lowest BCUT2D eigenvalue weighted by atomic mass is 9.82. The van der Waals surface area contributed by atoms with E-state index in [1.54, 1.807) is 24.3 Å². The summed E-state index contributed by atoms with van der Waals surface area (Å²) in [6, 6.07) is 14.3. The SMILES string of the molecule is CC1=CC[C@@H]2C(=O)N(c3ccccc3C(=O)Nc3ccc(C)cc3)C(=O)[C@@H]2C1. The molecule has 5 nitrogen and oxygen atoms in total. The molecule has 1 heterocycles. The second-order valence-electron chi connectivity index (χ2n) is 7.55. The van der Waals surface area contributed by atoms with E-state index < -0.39 is 0 Å². The third kappa shape index (κ3) is 3.13. The van der Waals surface area contributed by atoms with Gasteiger partial charge in [-0.1, -0.05) is 41.5 Å². The molecule has 1 aliphatic heterocycles. The van der Waals surface area contributed by atoms with Crippen LogP contribution in [0.3, 0.4) is 0 Å². The molecule has 1 saturated heterocycles. The van der Waals surface area contributed by atoms with E-state index in [-0.39, 0.29) is 29.6 Å². The molecule has 0 spiro atoms. The minimum absolute atomic E-state index is 0.210. The van der Waals surface area contributed by atoms with Gasteiger partial charge in [0.15, 0.2) is 0 Å². The van der Waals surface area contributed by atoms with Gasteiger partial charge in [-0.05, 0) is 51.0 Å². The van der Waals surface area contributed by atoms with Crippen molar-refractivity contribution in [2.45, 2.75) is 26.7 Å². The maximum atomic E-state index is 13.0. The molecule has 3 amide bonds. The average Bonchev–Trinajstić information content (AvgIpc) is 2.93.